The number of rotatable bonds is 7. The van der Waals surface area contributed by atoms with E-state index in [9.17, 15) is 14.4 Å². The van der Waals surface area contributed by atoms with E-state index in [1.54, 1.807) is 49.5 Å². The van der Waals surface area contributed by atoms with E-state index in [1.807, 2.05) is 6.07 Å². The summed E-state index contributed by atoms with van der Waals surface area (Å²) in [6.45, 7) is 0.0188. The highest BCUT2D eigenvalue weighted by Gasteiger charge is 2.24. The summed E-state index contributed by atoms with van der Waals surface area (Å²) in [6.07, 6.45) is 2.03. The Kier molecular flexibility index (Phi) is 5.71. The van der Waals surface area contributed by atoms with Crippen LogP contribution in [0.15, 0.2) is 48.5 Å². The van der Waals surface area contributed by atoms with Gasteiger partial charge in [0, 0.05) is 30.0 Å². The number of amides is 3. The topological polar surface area (TPSA) is 99.3 Å². The van der Waals surface area contributed by atoms with E-state index in [1.165, 1.54) is 0 Å². The molecular weight excluding hydrogens is 344 g/mol. The lowest BCUT2D eigenvalue weighted by molar-refractivity contribution is -0.114. The molecule has 1 fully saturated rings. The van der Waals surface area contributed by atoms with E-state index in [4.69, 9.17) is 0 Å². The summed E-state index contributed by atoms with van der Waals surface area (Å²) in [7, 11) is 1.56. The number of para-hydroxylation sites is 1. The van der Waals surface area contributed by atoms with Crippen LogP contribution in [0.2, 0.25) is 0 Å². The molecule has 140 valence electrons. The van der Waals surface area contributed by atoms with Crippen LogP contribution < -0.4 is 21.3 Å². The number of anilines is 2. The van der Waals surface area contributed by atoms with E-state index in [2.05, 4.69) is 21.3 Å². The highest BCUT2D eigenvalue weighted by atomic mass is 16.2. The minimum absolute atomic E-state index is 0.0188. The molecule has 0 bridgehead atoms. The molecule has 4 N–H and O–H groups in total. The van der Waals surface area contributed by atoms with Gasteiger partial charge in [-0.1, -0.05) is 12.1 Å². The average molecular weight is 366 g/mol. The zero-order valence-corrected chi connectivity index (χ0v) is 15.0. The summed E-state index contributed by atoms with van der Waals surface area (Å²) in [5.41, 5.74) is 2.24. The van der Waals surface area contributed by atoms with Gasteiger partial charge in [0.2, 0.25) is 5.91 Å². The van der Waals surface area contributed by atoms with Crippen molar-refractivity contribution in [3.05, 3.63) is 59.7 Å². The Bertz CT molecular complexity index is 845. The maximum Gasteiger partial charge on any atom is 0.253 e. The molecule has 2 aromatic rings. The van der Waals surface area contributed by atoms with Crippen molar-refractivity contribution in [2.24, 2.45) is 0 Å². The number of hydrogen-bond acceptors (Lipinski definition) is 4. The summed E-state index contributed by atoms with van der Waals surface area (Å²) >= 11 is 0. The third kappa shape index (κ3) is 5.07. The van der Waals surface area contributed by atoms with Crippen LogP contribution >= 0.6 is 0 Å². The van der Waals surface area contributed by atoms with E-state index < -0.39 is 0 Å². The van der Waals surface area contributed by atoms with Crippen molar-refractivity contribution in [3.63, 3.8) is 0 Å². The standard InChI is InChI=1S/C20H22N4O3/c1-21-19(26)13-6-8-14(9-7-13)23-18(25)12-22-17-5-3-2-4-16(17)20(27)24-15-10-11-15/h2-9,15,22H,10-12H2,1H3,(H,21,26)(H,23,25)(H,24,27). The smallest absolute Gasteiger partial charge is 0.253 e. The molecule has 27 heavy (non-hydrogen) atoms. The second kappa shape index (κ2) is 8.35. The van der Waals surface area contributed by atoms with Gasteiger partial charge >= 0.3 is 0 Å². The van der Waals surface area contributed by atoms with Crippen LogP contribution in [0.1, 0.15) is 33.6 Å². The predicted octanol–water partition coefficient (Wildman–Crippen LogP) is 1.99. The van der Waals surface area contributed by atoms with Crippen molar-refractivity contribution < 1.29 is 14.4 Å². The fourth-order valence-electron chi connectivity index (χ4n) is 2.56. The van der Waals surface area contributed by atoms with Crippen molar-refractivity contribution in [1.29, 1.82) is 0 Å². The first-order valence-electron chi connectivity index (χ1n) is 8.82. The van der Waals surface area contributed by atoms with Crippen LogP contribution in [0.4, 0.5) is 11.4 Å². The predicted molar refractivity (Wildman–Crippen MR) is 104 cm³/mol. The summed E-state index contributed by atoms with van der Waals surface area (Å²) in [6, 6.07) is 14.0. The van der Waals surface area contributed by atoms with Crippen LogP contribution in [0.5, 0.6) is 0 Å². The fraction of sp³-hybridized carbons (Fsp3) is 0.250. The Morgan fingerprint density at radius 1 is 0.963 bits per heavy atom. The number of nitrogens with one attached hydrogen (secondary N) is 4. The lowest BCUT2D eigenvalue weighted by Gasteiger charge is -2.12. The van der Waals surface area contributed by atoms with Gasteiger partial charge in [0.15, 0.2) is 0 Å². The van der Waals surface area contributed by atoms with Gasteiger partial charge < -0.3 is 21.3 Å². The van der Waals surface area contributed by atoms with Crippen molar-refractivity contribution in [2.75, 3.05) is 24.2 Å². The summed E-state index contributed by atoms with van der Waals surface area (Å²) in [5.74, 6) is -0.568. The normalized spacial score (nSPS) is 12.8. The van der Waals surface area contributed by atoms with Gasteiger partial charge in [-0.05, 0) is 49.2 Å². The van der Waals surface area contributed by atoms with Gasteiger partial charge in [-0.15, -0.1) is 0 Å². The molecule has 3 rings (SSSR count). The second-order valence-corrected chi connectivity index (χ2v) is 6.35. The Balaban J connectivity index is 1.56. The first-order chi connectivity index (χ1) is 13.1. The largest absolute Gasteiger partial charge is 0.376 e. The van der Waals surface area contributed by atoms with E-state index in [0.29, 0.717) is 22.5 Å². The Morgan fingerprint density at radius 2 is 1.67 bits per heavy atom. The molecule has 1 saturated carbocycles. The summed E-state index contributed by atoms with van der Waals surface area (Å²) in [5, 5.41) is 11.2. The Labute approximate surface area is 157 Å². The molecule has 0 saturated heterocycles. The maximum atomic E-state index is 12.3. The number of hydrogen-bond donors (Lipinski definition) is 4. The molecule has 0 heterocycles. The monoisotopic (exact) mass is 366 g/mol. The Morgan fingerprint density at radius 3 is 2.33 bits per heavy atom. The average Bonchev–Trinajstić information content (AvgIpc) is 3.50. The zero-order valence-electron chi connectivity index (χ0n) is 15.0. The van der Waals surface area contributed by atoms with Crippen molar-refractivity contribution in [2.45, 2.75) is 18.9 Å². The van der Waals surface area contributed by atoms with Crippen LogP contribution in [0.25, 0.3) is 0 Å². The van der Waals surface area contributed by atoms with Crippen molar-refractivity contribution in [1.82, 2.24) is 10.6 Å². The molecule has 0 spiro atoms. The summed E-state index contributed by atoms with van der Waals surface area (Å²) < 4.78 is 0. The number of benzene rings is 2. The SMILES string of the molecule is CNC(=O)c1ccc(NC(=O)CNc2ccccc2C(=O)NC2CC2)cc1. The van der Waals surface area contributed by atoms with Crippen LogP contribution in [-0.2, 0) is 4.79 Å². The number of carbonyl (C=O) groups excluding carboxylic acids is 3. The third-order valence-corrected chi connectivity index (χ3v) is 4.18. The zero-order chi connectivity index (χ0) is 19.2. The minimum atomic E-state index is -0.250. The molecule has 0 radical (unpaired) electrons. The fourth-order valence-corrected chi connectivity index (χ4v) is 2.56. The quantitative estimate of drug-likeness (QED) is 0.602. The maximum absolute atomic E-state index is 12.3. The molecule has 0 aromatic heterocycles. The Hall–Kier alpha value is -3.35. The lowest BCUT2D eigenvalue weighted by atomic mass is 10.1. The van der Waals surface area contributed by atoms with Gasteiger partial charge in [0.1, 0.15) is 0 Å². The lowest BCUT2D eigenvalue weighted by Crippen LogP contribution is -2.27. The first kappa shape index (κ1) is 18.4. The van der Waals surface area contributed by atoms with Gasteiger partial charge in [-0.3, -0.25) is 14.4 Å². The molecule has 1 aliphatic carbocycles. The van der Waals surface area contributed by atoms with Crippen LogP contribution in [-0.4, -0.2) is 37.4 Å². The highest BCUT2D eigenvalue weighted by Crippen LogP contribution is 2.21. The van der Waals surface area contributed by atoms with E-state index in [-0.39, 0.29) is 30.3 Å². The van der Waals surface area contributed by atoms with Crippen LogP contribution in [0.3, 0.4) is 0 Å². The molecule has 7 heteroatoms. The van der Waals surface area contributed by atoms with Crippen molar-refractivity contribution in [3.8, 4) is 0 Å². The second-order valence-electron chi connectivity index (χ2n) is 6.35. The van der Waals surface area contributed by atoms with Gasteiger partial charge in [-0.25, -0.2) is 0 Å². The van der Waals surface area contributed by atoms with Gasteiger partial charge in [0.25, 0.3) is 11.8 Å². The van der Waals surface area contributed by atoms with Gasteiger partial charge in [-0.2, -0.15) is 0 Å². The van der Waals surface area contributed by atoms with E-state index in [0.717, 1.165) is 12.8 Å². The first-order valence-corrected chi connectivity index (χ1v) is 8.82. The molecule has 3 amide bonds. The molecule has 0 unspecified atom stereocenters. The minimum Gasteiger partial charge on any atom is -0.376 e. The molecular formula is C20H22N4O3. The molecule has 2 aromatic carbocycles. The van der Waals surface area contributed by atoms with E-state index >= 15 is 0 Å². The molecule has 1 aliphatic rings. The molecule has 0 aliphatic heterocycles. The molecule has 7 nitrogen and oxygen atoms in total. The molecule has 0 atom stereocenters. The third-order valence-electron chi connectivity index (χ3n) is 4.18. The number of carbonyl (C=O) groups is 3. The van der Waals surface area contributed by atoms with Crippen LogP contribution in [0, 0.1) is 0 Å². The van der Waals surface area contributed by atoms with Crippen molar-refractivity contribution >= 4 is 29.1 Å². The highest BCUT2D eigenvalue weighted by molar-refractivity contribution is 6.01. The summed E-state index contributed by atoms with van der Waals surface area (Å²) in [4.78, 5) is 36.0. The van der Waals surface area contributed by atoms with Gasteiger partial charge in [0.05, 0.1) is 12.1 Å².